The zero-order valence-electron chi connectivity index (χ0n) is 15.5. The molecule has 1 aromatic rings. The maximum absolute atomic E-state index is 12.4. The molecular formula is C16H29IN4O2S. The fourth-order valence-corrected chi connectivity index (χ4v) is 3.42. The van der Waals surface area contributed by atoms with Crippen molar-refractivity contribution in [1.29, 1.82) is 0 Å². The Morgan fingerprint density at radius 1 is 1.00 bits per heavy atom. The maximum Gasteiger partial charge on any atom is 0.243 e. The van der Waals surface area contributed by atoms with Crippen LogP contribution in [0.2, 0.25) is 0 Å². The smallest absolute Gasteiger partial charge is 0.243 e. The van der Waals surface area contributed by atoms with E-state index in [1.165, 1.54) is 4.31 Å². The van der Waals surface area contributed by atoms with E-state index in [1.807, 2.05) is 64.0 Å². The predicted molar refractivity (Wildman–Crippen MR) is 110 cm³/mol. The van der Waals surface area contributed by atoms with Crippen LogP contribution in [0.15, 0.2) is 34.2 Å². The number of halogens is 1. The average molecular weight is 468 g/mol. The number of rotatable bonds is 5. The molecule has 0 N–H and O–H groups in total. The van der Waals surface area contributed by atoms with Gasteiger partial charge >= 0.3 is 0 Å². The molecule has 0 unspecified atom stereocenters. The fraction of sp³-hybridized carbons (Fsp3) is 0.562. The van der Waals surface area contributed by atoms with Crippen LogP contribution in [-0.4, -0.2) is 69.8 Å². The number of aliphatic imine (C=N–C) groups is 1. The van der Waals surface area contributed by atoms with Gasteiger partial charge in [0.25, 0.3) is 0 Å². The van der Waals surface area contributed by atoms with Crippen LogP contribution < -0.4 is 0 Å². The van der Waals surface area contributed by atoms with Crippen molar-refractivity contribution in [2.24, 2.45) is 4.99 Å². The van der Waals surface area contributed by atoms with Crippen LogP contribution in [0.1, 0.15) is 19.4 Å². The second kappa shape index (κ2) is 9.57. The number of hydrogen-bond donors (Lipinski definition) is 0. The van der Waals surface area contributed by atoms with Crippen molar-refractivity contribution in [2.75, 3.05) is 35.2 Å². The normalized spacial score (nSPS) is 11.2. The number of hydrogen-bond acceptors (Lipinski definition) is 3. The van der Waals surface area contributed by atoms with Gasteiger partial charge in [0.1, 0.15) is 0 Å². The molecule has 0 spiro atoms. The van der Waals surface area contributed by atoms with Crippen molar-refractivity contribution in [3.05, 3.63) is 29.8 Å². The Morgan fingerprint density at radius 2 is 1.46 bits per heavy atom. The van der Waals surface area contributed by atoms with E-state index in [2.05, 4.69) is 4.99 Å². The average Bonchev–Trinajstić information content (AvgIpc) is 2.46. The topological polar surface area (TPSA) is 56.2 Å². The van der Waals surface area contributed by atoms with Gasteiger partial charge in [0.2, 0.25) is 10.0 Å². The number of guanidine groups is 1. The second-order valence-corrected chi connectivity index (χ2v) is 8.16. The molecule has 0 saturated carbocycles. The highest BCUT2D eigenvalue weighted by molar-refractivity contribution is 14.0. The van der Waals surface area contributed by atoms with E-state index in [1.54, 1.807) is 19.2 Å². The van der Waals surface area contributed by atoms with Crippen molar-refractivity contribution in [3.8, 4) is 0 Å². The third-order valence-electron chi connectivity index (χ3n) is 3.53. The van der Waals surface area contributed by atoms with E-state index in [-0.39, 0.29) is 30.0 Å². The summed E-state index contributed by atoms with van der Waals surface area (Å²) in [5, 5.41) is 0. The number of benzene rings is 1. The third kappa shape index (κ3) is 5.89. The Bertz CT molecular complexity index is 631. The van der Waals surface area contributed by atoms with Crippen LogP contribution in [0.4, 0.5) is 0 Å². The molecule has 0 aliphatic heterocycles. The molecule has 0 saturated heterocycles. The SMILES string of the molecule is CC(C)N(C)S(=O)(=O)c1ccc(CN=C(N(C)C)N(C)C)cc1.I. The van der Waals surface area contributed by atoms with Gasteiger partial charge in [-0.2, -0.15) is 4.31 Å². The molecule has 0 amide bonds. The Hall–Kier alpha value is -0.870. The van der Waals surface area contributed by atoms with Crippen molar-refractivity contribution in [1.82, 2.24) is 14.1 Å². The lowest BCUT2D eigenvalue weighted by molar-refractivity contribution is 0.410. The van der Waals surface area contributed by atoms with Gasteiger partial charge < -0.3 is 9.80 Å². The van der Waals surface area contributed by atoms with Gasteiger partial charge in [-0.3, -0.25) is 0 Å². The van der Waals surface area contributed by atoms with Crippen molar-refractivity contribution < 1.29 is 8.42 Å². The summed E-state index contributed by atoms with van der Waals surface area (Å²) in [6, 6.07) is 6.83. The second-order valence-electron chi connectivity index (χ2n) is 6.16. The van der Waals surface area contributed by atoms with Gasteiger partial charge in [-0.05, 0) is 31.5 Å². The van der Waals surface area contributed by atoms with Crippen LogP contribution in [-0.2, 0) is 16.6 Å². The number of sulfonamides is 1. The van der Waals surface area contributed by atoms with Gasteiger partial charge in [0.05, 0.1) is 11.4 Å². The summed E-state index contributed by atoms with van der Waals surface area (Å²) in [6.45, 7) is 4.21. The summed E-state index contributed by atoms with van der Waals surface area (Å²) in [7, 11) is 5.93. The summed E-state index contributed by atoms with van der Waals surface area (Å²) >= 11 is 0. The summed E-state index contributed by atoms with van der Waals surface area (Å²) < 4.78 is 26.2. The first kappa shape index (κ1) is 23.1. The maximum atomic E-state index is 12.4. The van der Waals surface area contributed by atoms with Crippen LogP contribution in [0.25, 0.3) is 0 Å². The van der Waals surface area contributed by atoms with E-state index in [4.69, 9.17) is 0 Å². The standard InChI is InChI=1S/C16H28N4O2S.HI/c1-13(2)20(7)23(21,22)15-10-8-14(9-11-15)12-17-16(18(3)4)19(5)6;/h8-11,13H,12H2,1-7H3;1H. The van der Waals surface area contributed by atoms with E-state index in [9.17, 15) is 8.42 Å². The molecule has 0 aliphatic rings. The van der Waals surface area contributed by atoms with Gasteiger partial charge in [-0.1, -0.05) is 12.1 Å². The molecule has 1 rings (SSSR count). The third-order valence-corrected chi connectivity index (χ3v) is 5.58. The molecule has 0 heterocycles. The molecule has 0 aliphatic carbocycles. The highest BCUT2D eigenvalue weighted by Gasteiger charge is 2.22. The largest absolute Gasteiger partial charge is 0.349 e. The predicted octanol–water partition coefficient (Wildman–Crippen LogP) is 2.31. The van der Waals surface area contributed by atoms with Crippen molar-refractivity contribution in [3.63, 3.8) is 0 Å². The summed E-state index contributed by atoms with van der Waals surface area (Å²) in [5.41, 5.74) is 0.970. The highest BCUT2D eigenvalue weighted by atomic mass is 127. The molecule has 8 heteroatoms. The van der Waals surface area contributed by atoms with Gasteiger partial charge in [-0.15, -0.1) is 24.0 Å². The molecule has 0 bridgehead atoms. The molecule has 0 atom stereocenters. The quantitative estimate of drug-likeness (QED) is 0.378. The van der Waals surface area contributed by atoms with Gasteiger partial charge in [0.15, 0.2) is 5.96 Å². The van der Waals surface area contributed by atoms with Gasteiger partial charge in [-0.25, -0.2) is 13.4 Å². The Balaban J connectivity index is 0.00000529. The Kier molecular flexibility index (Phi) is 9.22. The minimum absolute atomic E-state index is 0. The summed E-state index contributed by atoms with van der Waals surface area (Å²) in [5.74, 6) is 0.862. The fourth-order valence-electron chi connectivity index (χ4n) is 2.06. The van der Waals surface area contributed by atoms with Crippen molar-refractivity contribution >= 4 is 40.0 Å². The minimum Gasteiger partial charge on any atom is -0.349 e. The van der Waals surface area contributed by atoms with Crippen molar-refractivity contribution in [2.45, 2.75) is 31.3 Å². The molecule has 0 fully saturated rings. The molecule has 6 nitrogen and oxygen atoms in total. The highest BCUT2D eigenvalue weighted by Crippen LogP contribution is 2.17. The lowest BCUT2D eigenvalue weighted by atomic mass is 10.2. The zero-order valence-corrected chi connectivity index (χ0v) is 18.7. The van der Waals surface area contributed by atoms with Crippen LogP contribution in [0, 0.1) is 0 Å². The summed E-state index contributed by atoms with van der Waals surface area (Å²) in [6.07, 6.45) is 0. The molecule has 0 aromatic heterocycles. The first-order valence-electron chi connectivity index (χ1n) is 7.53. The van der Waals surface area contributed by atoms with E-state index >= 15 is 0 Å². The molecule has 24 heavy (non-hydrogen) atoms. The first-order valence-corrected chi connectivity index (χ1v) is 8.97. The van der Waals surface area contributed by atoms with E-state index in [0.29, 0.717) is 11.4 Å². The minimum atomic E-state index is -3.43. The molecule has 0 radical (unpaired) electrons. The van der Waals surface area contributed by atoms with Gasteiger partial charge in [0, 0.05) is 41.3 Å². The summed E-state index contributed by atoms with van der Waals surface area (Å²) in [4.78, 5) is 8.75. The first-order chi connectivity index (χ1) is 10.6. The van der Waals surface area contributed by atoms with Crippen LogP contribution >= 0.6 is 24.0 Å². The monoisotopic (exact) mass is 468 g/mol. The van der Waals surface area contributed by atoms with E-state index in [0.717, 1.165) is 11.5 Å². The van der Waals surface area contributed by atoms with Crippen LogP contribution in [0.3, 0.4) is 0 Å². The number of nitrogens with zero attached hydrogens (tertiary/aromatic N) is 4. The van der Waals surface area contributed by atoms with Crippen LogP contribution in [0.5, 0.6) is 0 Å². The lowest BCUT2D eigenvalue weighted by Gasteiger charge is -2.22. The molecule has 1 aromatic carbocycles. The molecule has 138 valence electrons. The molecular weight excluding hydrogens is 439 g/mol. The Morgan fingerprint density at radius 3 is 1.83 bits per heavy atom. The van der Waals surface area contributed by atoms with E-state index < -0.39 is 10.0 Å². The zero-order chi connectivity index (χ0) is 17.8. The Labute approximate surface area is 163 Å². The lowest BCUT2D eigenvalue weighted by Crippen LogP contribution is -2.35.